The molecule has 1 N–H and O–H groups in total. The standard InChI is InChI=1S/C22H25N3O5/c1-29-21(27)16-9-5-6-14-25(20(16)22(28)30-2)18-11-4-3-10-17(18)23-19(26)15-24-12-7-8-13-24/h3-6,9-11,14H,7-8,12-13,15H2,1-2H3,(H,23,26). The third-order valence-electron chi connectivity index (χ3n) is 4.89. The second kappa shape index (κ2) is 9.89. The Bertz CT molecular complexity index is 913. The maximum absolute atomic E-state index is 12.6. The molecule has 0 atom stereocenters. The predicted molar refractivity (Wildman–Crippen MR) is 113 cm³/mol. The molecule has 2 aliphatic heterocycles. The van der Waals surface area contributed by atoms with Crippen LogP contribution >= 0.6 is 0 Å². The largest absolute Gasteiger partial charge is 0.465 e. The number of nitrogens with one attached hydrogen (secondary N) is 1. The van der Waals surface area contributed by atoms with E-state index in [1.54, 1.807) is 42.6 Å². The summed E-state index contributed by atoms with van der Waals surface area (Å²) in [6.07, 6.45) is 8.62. The Balaban J connectivity index is 1.97. The average molecular weight is 411 g/mol. The van der Waals surface area contributed by atoms with Crippen LogP contribution < -0.4 is 10.2 Å². The molecule has 2 aliphatic rings. The summed E-state index contributed by atoms with van der Waals surface area (Å²) >= 11 is 0. The molecule has 0 saturated carbocycles. The fourth-order valence-corrected chi connectivity index (χ4v) is 3.47. The lowest BCUT2D eigenvalue weighted by Gasteiger charge is -2.25. The van der Waals surface area contributed by atoms with Crippen LogP contribution in [0, 0.1) is 0 Å². The highest BCUT2D eigenvalue weighted by Crippen LogP contribution is 2.32. The molecule has 158 valence electrons. The van der Waals surface area contributed by atoms with Gasteiger partial charge in [0.15, 0.2) is 0 Å². The molecule has 1 amide bonds. The van der Waals surface area contributed by atoms with Crippen LogP contribution in [0.5, 0.6) is 0 Å². The topological polar surface area (TPSA) is 88.2 Å². The normalized spacial score (nSPS) is 16.4. The number of carbonyl (C=O) groups is 3. The van der Waals surface area contributed by atoms with Crippen LogP contribution in [0.25, 0.3) is 0 Å². The number of methoxy groups -OCH3 is 2. The molecular formula is C22H25N3O5. The van der Waals surface area contributed by atoms with E-state index in [4.69, 9.17) is 9.47 Å². The third-order valence-corrected chi connectivity index (χ3v) is 4.89. The number of nitrogens with zero attached hydrogens (tertiary/aromatic N) is 2. The predicted octanol–water partition coefficient (Wildman–Crippen LogP) is 2.21. The van der Waals surface area contributed by atoms with E-state index in [2.05, 4.69) is 10.2 Å². The number of anilines is 2. The number of allylic oxidation sites excluding steroid dienone is 2. The number of hydrogen-bond acceptors (Lipinski definition) is 7. The van der Waals surface area contributed by atoms with Crippen molar-refractivity contribution in [2.45, 2.75) is 12.8 Å². The summed E-state index contributed by atoms with van der Waals surface area (Å²) in [6, 6.07) is 7.07. The smallest absolute Gasteiger partial charge is 0.355 e. The molecule has 0 unspecified atom stereocenters. The zero-order valence-corrected chi connectivity index (χ0v) is 17.1. The zero-order valence-electron chi connectivity index (χ0n) is 17.1. The van der Waals surface area contributed by atoms with Crippen molar-refractivity contribution >= 4 is 29.2 Å². The van der Waals surface area contributed by atoms with Crippen LogP contribution in [0.3, 0.4) is 0 Å². The number of likely N-dealkylation sites (tertiary alicyclic amines) is 1. The van der Waals surface area contributed by atoms with Crippen LogP contribution in [-0.4, -0.2) is 56.6 Å². The van der Waals surface area contributed by atoms with Crippen molar-refractivity contribution in [2.75, 3.05) is 44.1 Å². The van der Waals surface area contributed by atoms with Crippen molar-refractivity contribution < 1.29 is 23.9 Å². The van der Waals surface area contributed by atoms with Gasteiger partial charge in [-0.15, -0.1) is 0 Å². The number of esters is 2. The van der Waals surface area contributed by atoms with Gasteiger partial charge in [0, 0.05) is 6.20 Å². The molecule has 0 aliphatic carbocycles. The Morgan fingerprint density at radius 2 is 1.70 bits per heavy atom. The maximum Gasteiger partial charge on any atom is 0.355 e. The maximum atomic E-state index is 12.6. The molecular weight excluding hydrogens is 386 g/mol. The van der Waals surface area contributed by atoms with E-state index in [9.17, 15) is 14.4 Å². The van der Waals surface area contributed by atoms with Crippen molar-refractivity contribution in [3.8, 4) is 0 Å². The van der Waals surface area contributed by atoms with Crippen molar-refractivity contribution in [1.82, 2.24) is 4.90 Å². The minimum atomic E-state index is -0.704. The third kappa shape index (κ3) is 4.77. The summed E-state index contributed by atoms with van der Waals surface area (Å²) in [5, 5.41) is 2.92. The van der Waals surface area contributed by atoms with E-state index in [0.717, 1.165) is 25.9 Å². The molecule has 1 aromatic rings. The number of benzene rings is 1. The number of amides is 1. The fourth-order valence-electron chi connectivity index (χ4n) is 3.47. The molecule has 0 spiro atoms. The number of ether oxygens (including phenoxy) is 2. The van der Waals surface area contributed by atoms with Gasteiger partial charge in [-0.3, -0.25) is 9.69 Å². The van der Waals surface area contributed by atoms with E-state index >= 15 is 0 Å². The van der Waals surface area contributed by atoms with Crippen LogP contribution in [-0.2, 0) is 23.9 Å². The minimum Gasteiger partial charge on any atom is -0.465 e. The molecule has 1 aromatic carbocycles. The number of carbonyl (C=O) groups excluding carboxylic acids is 3. The second-order valence-corrected chi connectivity index (χ2v) is 6.86. The number of rotatable bonds is 6. The van der Waals surface area contributed by atoms with E-state index < -0.39 is 11.9 Å². The van der Waals surface area contributed by atoms with Crippen LogP contribution in [0.4, 0.5) is 11.4 Å². The molecule has 0 aromatic heterocycles. The summed E-state index contributed by atoms with van der Waals surface area (Å²) in [6.45, 7) is 2.12. The van der Waals surface area contributed by atoms with Crippen LogP contribution in [0.15, 0.2) is 60.0 Å². The summed E-state index contributed by atoms with van der Waals surface area (Å²) < 4.78 is 9.76. The molecule has 0 bridgehead atoms. The Kier molecular flexibility index (Phi) is 7.03. The van der Waals surface area contributed by atoms with E-state index in [-0.39, 0.29) is 17.2 Å². The van der Waals surface area contributed by atoms with Crippen LogP contribution in [0.1, 0.15) is 12.8 Å². The molecule has 8 nitrogen and oxygen atoms in total. The SMILES string of the molecule is COC(=O)C1=C(C(=O)OC)N(c2ccccc2NC(=O)CN2CCCC2)C=CC=C1. The monoisotopic (exact) mass is 411 g/mol. The van der Waals surface area contributed by atoms with Crippen molar-refractivity contribution in [3.05, 3.63) is 60.0 Å². The van der Waals surface area contributed by atoms with Gasteiger partial charge in [0.05, 0.1) is 37.7 Å². The van der Waals surface area contributed by atoms with Crippen molar-refractivity contribution in [2.24, 2.45) is 0 Å². The lowest BCUT2D eigenvalue weighted by molar-refractivity contribution is -0.139. The first-order valence-electron chi connectivity index (χ1n) is 9.71. The summed E-state index contributed by atoms with van der Waals surface area (Å²) in [5.74, 6) is -1.52. The van der Waals surface area contributed by atoms with Crippen LogP contribution in [0.2, 0.25) is 0 Å². The summed E-state index contributed by atoms with van der Waals surface area (Å²) in [7, 11) is 2.48. The average Bonchev–Trinajstić information content (AvgIpc) is 3.16. The highest BCUT2D eigenvalue weighted by molar-refractivity contribution is 6.06. The first-order chi connectivity index (χ1) is 14.5. The van der Waals surface area contributed by atoms with Gasteiger partial charge in [0.1, 0.15) is 5.70 Å². The summed E-state index contributed by atoms with van der Waals surface area (Å²) in [5.41, 5.74) is 1.08. The Labute approximate surface area is 175 Å². The lowest BCUT2D eigenvalue weighted by Crippen LogP contribution is -2.32. The van der Waals surface area contributed by atoms with Gasteiger partial charge in [-0.05, 0) is 50.2 Å². The zero-order chi connectivity index (χ0) is 21.5. The second-order valence-electron chi connectivity index (χ2n) is 6.86. The Hall–Kier alpha value is -3.39. The van der Waals surface area contributed by atoms with Gasteiger partial charge in [0.2, 0.25) is 5.91 Å². The molecule has 1 saturated heterocycles. The van der Waals surface area contributed by atoms with E-state index in [1.165, 1.54) is 25.2 Å². The minimum absolute atomic E-state index is 0.00408. The summed E-state index contributed by atoms with van der Waals surface area (Å²) in [4.78, 5) is 41.1. The highest BCUT2D eigenvalue weighted by Gasteiger charge is 2.29. The molecule has 30 heavy (non-hydrogen) atoms. The van der Waals surface area contributed by atoms with Crippen molar-refractivity contribution in [3.63, 3.8) is 0 Å². The fraction of sp³-hybridized carbons (Fsp3) is 0.318. The van der Waals surface area contributed by atoms with Gasteiger partial charge in [0.25, 0.3) is 0 Å². The van der Waals surface area contributed by atoms with Gasteiger partial charge >= 0.3 is 11.9 Å². The van der Waals surface area contributed by atoms with E-state index in [0.29, 0.717) is 17.9 Å². The molecule has 8 heteroatoms. The first-order valence-corrected chi connectivity index (χ1v) is 9.71. The lowest BCUT2D eigenvalue weighted by atomic mass is 10.1. The van der Waals surface area contributed by atoms with Crippen molar-refractivity contribution in [1.29, 1.82) is 0 Å². The Morgan fingerprint density at radius 3 is 2.40 bits per heavy atom. The van der Waals surface area contributed by atoms with Gasteiger partial charge in [-0.1, -0.05) is 18.2 Å². The molecule has 0 radical (unpaired) electrons. The first kappa shape index (κ1) is 21.3. The highest BCUT2D eigenvalue weighted by atomic mass is 16.5. The number of hydrogen-bond donors (Lipinski definition) is 1. The Morgan fingerprint density at radius 1 is 1.00 bits per heavy atom. The van der Waals surface area contributed by atoms with Gasteiger partial charge in [-0.25, -0.2) is 9.59 Å². The molecule has 1 fully saturated rings. The van der Waals surface area contributed by atoms with Gasteiger partial charge < -0.3 is 19.7 Å². The quantitative estimate of drug-likeness (QED) is 0.718. The molecule has 3 rings (SSSR count). The molecule has 2 heterocycles. The van der Waals surface area contributed by atoms with E-state index in [1.807, 2.05) is 0 Å². The number of para-hydroxylation sites is 2. The van der Waals surface area contributed by atoms with Gasteiger partial charge in [-0.2, -0.15) is 0 Å².